The minimum Gasteiger partial charge on any atom is -0.360 e. The van der Waals surface area contributed by atoms with Gasteiger partial charge in [-0.2, -0.15) is 18.4 Å². The maximum absolute atomic E-state index is 13.9. The van der Waals surface area contributed by atoms with E-state index in [-0.39, 0.29) is 23.1 Å². The lowest BCUT2D eigenvalue weighted by atomic mass is 9.83. The number of alkyl halides is 3. The highest BCUT2D eigenvalue weighted by molar-refractivity contribution is 7.64. The first-order valence-corrected chi connectivity index (χ1v) is 12.9. The first-order chi connectivity index (χ1) is 15.5. The zero-order chi connectivity index (χ0) is 24.0. The van der Waals surface area contributed by atoms with Crippen molar-refractivity contribution in [2.24, 2.45) is 5.41 Å². The van der Waals surface area contributed by atoms with Gasteiger partial charge < -0.3 is 15.6 Å². The van der Waals surface area contributed by atoms with E-state index in [0.717, 1.165) is 24.5 Å². The number of nitrogens with zero attached hydrogens (tertiary/aromatic N) is 3. The second kappa shape index (κ2) is 8.58. The highest BCUT2D eigenvalue weighted by Crippen LogP contribution is 2.40. The summed E-state index contributed by atoms with van der Waals surface area (Å²) in [5, 5.41) is 17.5. The van der Waals surface area contributed by atoms with Crippen LogP contribution in [0.1, 0.15) is 31.4 Å². The number of benzene rings is 1. The summed E-state index contributed by atoms with van der Waals surface area (Å²) in [7, 11) is -0.663. The van der Waals surface area contributed by atoms with Crippen LogP contribution in [-0.2, 0) is 6.18 Å². The van der Waals surface area contributed by atoms with Crippen molar-refractivity contribution in [2.75, 3.05) is 31.7 Å². The molecular weight excluding hydrogens is 448 g/mol. The molecule has 1 atom stereocenters. The van der Waals surface area contributed by atoms with Crippen molar-refractivity contribution in [3.8, 4) is 17.3 Å². The molecule has 1 aliphatic heterocycles. The van der Waals surface area contributed by atoms with Crippen molar-refractivity contribution >= 4 is 30.1 Å². The Labute approximate surface area is 191 Å². The molecule has 1 saturated heterocycles. The molecule has 1 unspecified atom stereocenters. The fourth-order valence-corrected chi connectivity index (χ4v) is 5.72. The fraction of sp³-hybridized carbons (Fsp3) is 0.435. The van der Waals surface area contributed by atoms with Gasteiger partial charge in [0.15, 0.2) is 0 Å². The first-order valence-electron chi connectivity index (χ1n) is 10.6. The highest BCUT2D eigenvalue weighted by atomic mass is 31.1. The Morgan fingerprint density at radius 2 is 2.03 bits per heavy atom. The SMILES string of the molecule is CP(C)c1c(C#N)ccc2c(-c3nc(NC4CNCC(C)(C)C4)ncc3C(F)(F)F)c[nH]c12. The summed E-state index contributed by atoms with van der Waals surface area (Å²) < 4.78 is 41.7. The van der Waals surface area contributed by atoms with E-state index < -0.39 is 19.7 Å². The van der Waals surface area contributed by atoms with Gasteiger partial charge in [-0.05, 0) is 31.2 Å². The van der Waals surface area contributed by atoms with Gasteiger partial charge in [0.25, 0.3) is 0 Å². The first kappa shape index (κ1) is 23.5. The molecule has 6 nitrogen and oxygen atoms in total. The average molecular weight is 474 g/mol. The van der Waals surface area contributed by atoms with E-state index in [4.69, 9.17) is 0 Å². The number of rotatable bonds is 4. The van der Waals surface area contributed by atoms with Crippen molar-refractivity contribution in [2.45, 2.75) is 32.5 Å². The standard InChI is InChI=1S/C23H26F3N6P/c1-22(2)7-14(9-28-12-22)31-21-30-11-17(23(24,25)26)18(32-21)16-10-29-19-15(16)6-5-13(8-27)20(19)33(3)4/h5-6,10-11,14,28-29H,7,9,12H2,1-4H3,(H,30,31,32). The van der Waals surface area contributed by atoms with Crippen LogP contribution >= 0.6 is 7.92 Å². The minimum atomic E-state index is -4.61. The number of aromatic nitrogens is 3. The van der Waals surface area contributed by atoms with E-state index in [1.807, 2.05) is 13.3 Å². The maximum Gasteiger partial charge on any atom is 0.419 e. The van der Waals surface area contributed by atoms with Crippen molar-refractivity contribution in [3.63, 3.8) is 0 Å². The predicted molar refractivity (Wildman–Crippen MR) is 126 cm³/mol. The van der Waals surface area contributed by atoms with Gasteiger partial charge in [-0.3, -0.25) is 0 Å². The Hall–Kier alpha value is -2.69. The van der Waals surface area contributed by atoms with Crippen LogP contribution in [-0.4, -0.2) is 47.4 Å². The van der Waals surface area contributed by atoms with Crippen LogP contribution in [0.15, 0.2) is 24.5 Å². The summed E-state index contributed by atoms with van der Waals surface area (Å²) in [6, 6.07) is 5.55. The number of H-pyrrole nitrogens is 1. The molecular formula is C23H26F3N6P. The molecule has 1 aromatic carbocycles. The third-order valence-electron chi connectivity index (χ3n) is 5.87. The molecule has 0 aliphatic carbocycles. The Morgan fingerprint density at radius 1 is 1.27 bits per heavy atom. The van der Waals surface area contributed by atoms with E-state index in [2.05, 4.69) is 45.5 Å². The Balaban J connectivity index is 1.82. The van der Waals surface area contributed by atoms with Crippen LogP contribution in [0.2, 0.25) is 0 Å². The average Bonchev–Trinajstić information content (AvgIpc) is 3.15. The molecule has 3 heterocycles. The molecule has 0 radical (unpaired) electrons. The van der Waals surface area contributed by atoms with E-state index >= 15 is 0 Å². The van der Waals surface area contributed by atoms with Crippen LogP contribution in [0.3, 0.4) is 0 Å². The van der Waals surface area contributed by atoms with Crippen LogP contribution < -0.4 is 15.9 Å². The molecule has 10 heteroatoms. The molecule has 33 heavy (non-hydrogen) atoms. The Morgan fingerprint density at radius 3 is 2.67 bits per heavy atom. The molecule has 0 amide bonds. The van der Waals surface area contributed by atoms with Crippen LogP contribution in [0.5, 0.6) is 0 Å². The summed E-state index contributed by atoms with van der Waals surface area (Å²) in [5.74, 6) is 0.166. The quantitative estimate of drug-likeness (QED) is 0.478. The lowest BCUT2D eigenvalue weighted by molar-refractivity contribution is -0.137. The number of anilines is 1. The Kier molecular flexibility index (Phi) is 6.10. The number of piperidine rings is 1. The lowest BCUT2D eigenvalue weighted by Crippen LogP contribution is -2.47. The largest absolute Gasteiger partial charge is 0.419 e. The van der Waals surface area contributed by atoms with Gasteiger partial charge in [0, 0.05) is 47.8 Å². The van der Waals surface area contributed by atoms with Crippen LogP contribution in [0.4, 0.5) is 19.1 Å². The lowest BCUT2D eigenvalue weighted by Gasteiger charge is -2.36. The van der Waals surface area contributed by atoms with Gasteiger partial charge in [0.05, 0.1) is 22.8 Å². The number of nitrogens with one attached hydrogen (secondary N) is 3. The molecule has 1 fully saturated rings. The summed E-state index contributed by atoms with van der Waals surface area (Å²) in [5.41, 5.74) is 0.543. The number of nitriles is 1. The minimum absolute atomic E-state index is 0.00911. The molecule has 0 bridgehead atoms. The number of aromatic amines is 1. The maximum atomic E-state index is 13.9. The van der Waals surface area contributed by atoms with E-state index in [1.54, 1.807) is 18.3 Å². The summed E-state index contributed by atoms with van der Waals surface area (Å²) in [4.78, 5) is 11.4. The van der Waals surface area contributed by atoms with E-state index in [1.165, 1.54) is 0 Å². The van der Waals surface area contributed by atoms with E-state index in [0.29, 0.717) is 28.6 Å². The van der Waals surface area contributed by atoms with Gasteiger partial charge in [-0.1, -0.05) is 27.8 Å². The molecule has 3 aromatic rings. The summed E-state index contributed by atoms with van der Waals surface area (Å²) in [6.45, 7) is 9.87. The third kappa shape index (κ3) is 4.68. The molecule has 2 aromatic heterocycles. The van der Waals surface area contributed by atoms with Gasteiger partial charge in [0.1, 0.15) is 5.56 Å². The third-order valence-corrected chi connectivity index (χ3v) is 7.23. The summed E-state index contributed by atoms with van der Waals surface area (Å²) in [6.07, 6.45) is -1.37. The molecule has 0 saturated carbocycles. The topological polar surface area (TPSA) is 89.4 Å². The fourth-order valence-electron chi connectivity index (χ4n) is 4.48. The normalized spacial score (nSPS) is 18.5. The highest BCUT2D eigenvalue weighted by Gasteiger charge is 2.36. The van der Waals surface area contributed by atoms with Crippen molar-refractivity contribution < 1.29 is 13.2 Å². The molecule has 3 N–H and O–H groups in total. The van der Waals surface area contributed by atoms with Crippen LogP contribution in [0, 0.1) is 16.7 Å². The number of hydrogen-bond donors (Lipinski definition) is 3. The zero-order valence-corrected chi connectivity index (χ0v) is 19.8. The molecule has 0 spiro atoms. The summed E-state index contributed by atoms with van der Waals surface area (Å²) >= 11 is 0. The van der Waals surface area contributed by atoms with Gasteiger partial charge in [-0.15, -0.1) is 0 Å². The number of hydrogen-bond acceptors (Lipinski definition) is 5. The van der Waals surface area contributed by atoms with Crippen LogP contribution in [0.25, 0.3) is 22.2 Å². The second-order valence-corrected chi connectivity index (χ2v) is 11.6. The predicted octanol–water partition coefficient (Wildman–Crippen LogP) is 4.68. The number of halogens is 3. The smallest absolute Gasteiger partial charge is 0.360 e. The molecule has 4 rings (SSSR count). The van der Waals surface area contributed by atoms with Crippen molar-refractivity contribution in [1.29, 1.82) is 5.26 Å². The monoisotopic (exact) mass is 474 g/mol. The van der Waals surface area contributed by atoms with Gasteiger partial charge >= 0.3 is 6.18 Å². The van der Waals surface area contributed by atoms with E-state index in [9.17, 15) is 18.4 Å². The van der Waals surface area contributed by atoms with Gasteiger partial charge in [-0.25, -0.2) is 9.97 Å². The number of fused-ring (bicyclic) bond motifs is 1. The van der Waals surface area contributed by atoms with Gasteiger partial charge in [0.2, 0.25) is 5.95 Å². The zero-order valence-electron chi connectivity index (χ0n) is 18.9. The second-order valence-electron chi connectivity index (χ2n) is 9.39. The molecule has 1 aliphatic rings. The Bertz CT molecular complexity index is 1230. The molecule has 174 valence electrons. The van der Waals surface area contributed by atoms with Crippen molar-refractivity contribution in [1.82, 2.24) is 20.3 Å². The van der Waals surface area contributed by atoms with Crippen molar-refractivity contribution in [3.05, 3.63) is 35.7 Å².